The minimum Gasteiger partial charge on any atom is -0.454 e. The average molecular weight is 278 g/mol. The van der Waals surface area contributed by atoms with Gasteiger partial charge in [-0.2, -0.15) is 5.26 Å². The zero-order chi connectivity index (χ0) is 13.1. The second kappa shape index (κ2) is 5.30. The molecule has 18 heavy (non-hydrogen) atoms. The van der Waals surface area contributed by atoms with Crippen LogP contribution in [0, 0.1) is 18.3 Å². The van der Waals surface area contributed by atoms with E-state index in [-0.39, 0.29) is 0 Å². The summed E-state index contributed by atoms with van der Waals surface area (Å²) < 4.78 is 5.63. The summed E-state index contributed by atoms with van der Waals surface area (Å²) in [4.78, 5) is 0. The van der Waals surface area contributed by atoms with Crippen molar-refractivity contribution in [2.45, 2.75) is 6.92 Å². The van der Waals surface area contributed by atoms with Crippen molar-refractivity contribution in [3.8, 4) is 17.6 Å². The maximum atomic E-state index is 9.01. The number of nitrogens with zero attached hydrogens (tertiary/aromatic N) is 1. The van der Waals surface area contributed by atoms with E-state index >= 15 is 0 Å². The first-order valence-corrected chi connectivity index (χ1v) is 5.99. The number of nitriles is 1. The van der Waals surface area contributed by atoms with Crippen LogP contribution in [0.5, 0.6) is 11.5 Å². The van der Waals surface area contributed by atoms with E-state index in [9.17, 15) is 0 Å². The Kier molecular flexibility index (Phi) is 3.76. The molecule has 2 aromatic rings. The Hall–Kier alpha value is -1.69. The Balaban J connectivity index is 2.37. The Bertz CT molecular complexity index is 632. The number of ether oxygens (including phenoxy) is 1. The second-order valence-corrected chi connectivity index (χ2v) is 4.63. The average Bonchev–Trinajstić information content (AvgIpc) is 2.34. The molecule has 0 heterocycles. The van der Waals surface area contributed by atoms with Crippen molar-refractivity contribution in [2.75, 3.05) is 0 Å². The molecule has 90 valence electrons. The zero-order valence-corrected chi connectivity index (χ0v) is 11.1. The molecule has 0 amide bonds. The van der Waals surface area contributed by atoms with Crippen molar-refractivity contribution in [1.82, 2.24) is 0 Å². The lowest BCUT2D eigenvalue weighted by atomic mass is 10.2. The molecule has 2 nitrogen and oxygen atoms in total. The van der Waals surface area contributed by atoms with Gasteiger partial charge >= 0.3 is 0 Å². The minimum absolute atomic E-state index is 0.374. The second-order valence-electron chi connectivity index (χ2n) is 3.79. The molecule has 0 atom stereocenters. The highest BCUT2D eigenvalue weighted by molar-refractivity contribution is 6.32. The number of halogens is 2. The molecule has 0 unspecified atom stereocenters. The SMILES string of the molecule is Cc1ccc(Oc2ccc(Cl)cc2C#N)c(Cl)c1. The van der Waals surface area contributed by atoms with E-state index in [0.29, 0.717) is 27.1 Å². The van der Waals surface area contributed by atoms with Gasteiger partial charge in [-0.25, -0.2) is 0 Å². The minimum atomic E-state index is 0.374. The summed E-state index contributed by atoms with van der Waals surface area (Å²) in [6, 6.07) is 12.4. The molecule has 0 aromatic heterocycles. The first-order valence-electron chi connectivity index (χ1n) is 5.24. The van der Waals surface area contributed by atoms with Gasteiger partial charge in [-0.15, -0.1) is 0 Å². The first kappa shape index (κ1) is 12.8. The van der Waals surface area contributed by atoms with E-state index < -0.39 is 0 Å². The van der Waals surface area contributed by atoms with Crippen LogP contribution in [0.4, 0.5) is 0 Å². The van der Waals surface area contributed by atoms with Crippen LogP contribution in [0.3, 0.4) is 0 Å². The van der Waals surface area contributed by atoms with E-state index in [0.717, 1.165) is 5.56 Å². The summed E-state index contributed by atoms with van der Waals surface area (Å²) in [5.74, 6) is 0.953. The first-order chi connectivity index (χ1) is 8.60. The highest BCUT2D eigenvalue weighted by Crippen LogP contribution is 2.32. The number of hydrogen-bond acceptors (Lipinski definition) is 2. The fraction of sp³-hybridized carbons (Fsp3) is 0.0714. The Morgan fingerprint density at radius 2 is 1.78 bits per heavy atom. The molecule has 2 rings (SSSR count). The summed E-state index contributed by atoms with van der Waals surface area (Å²) in [6.45, 7) is 1.94. The standard InChI is InChI=1S/C14H9Cl2NO/c1-9-2-4-14(12(16)6-9)18-13-5-3-11(15)7-10(13)8-17/h2-7H,1H3. The van der Waals surface area contributed by atoms with Crippen LogP contribution in [-0.2, 0) is 0 Å². The molecule has 0 saturated heterocycles. The van der Waals surface area contributed by atoms with Gasteiger partial charge in [0, 0.05) is 5.02 Å². The number of hydrogen-bond donors (Lipinski definition) is 0. The van der Waals surface area contributed by atoms with E-state index in [2.05, 4.69) is 0 Å². The Morgan fingerprint density at radius 3 is 2.44 bits per heavy atom. The van der Waals surface area contributed by atoms with Crippen LogP contribution in [0.1, 0.15) is 11.1 Å². The van der Waals surface area contributed by atoms with Crippen molar-refractivity contribution < 1.29 is 4.74 Å². The Labute approximate surface area is 115 Å². The van der Waals surface area contributed by atoms with E-state index in [1.54, 1.807) is 30.3 Å². The number of rotatable bonds is 2. The molecule has 2 aromatic carbocycles. The molecular weight excluding hydrogens is 269 g/mol. The van der Waals surface area contributed by atoms with Crippen LogP contribution in [0.2, 0.25) is 10.0 Å². The predicted molar refractivity (Wildman–Crippen MR) is 72.4 cm³/mol. The van der Waals surface area contributed by atoms with Crippen LogP contribution in [-0.4, -0.2) is 0 Å². The van der Waals surface area contributed by atoms with Crippen LogP contribution < -0.4 is 4.74 Å². The molecule has 0 spiro atoms. The molecule has 0 N–H and O–H groups in total. The summed E-state index contributed by atoms with van der Waals surface area (Å²) in [7, 11) is 0. The molecule has 4 heteroatoms. The topological polar surface area (TPSA) is 33.0 Å². The lowest BCUT2D eigenvalue weighted by Gasteiger charge is -2.09. The quantitative estimate of drug-likeness (QED) is 0.777. The smallest absolute Gasteiger partial charge is 0.146 e. The lowest BCUT2D eigenvalue weighted by molar-refractivity contribution is 0.481. The van der Waals surface area contributed by atoms with Gasteiger partial charge in [0.05, 0.1) is 10.6 Å². The third kappa shape index (κ3) is 2.76. The zero-order valence-electron chi connectivity index (χ0n) is 9.58. The molecule has 0 aliphatic heterocycles. The molecule has 0 aliphatic carbocycles. The lowest BCUT2D eigenvalue weighted by Crippen LogP contribution is -1.89. The van der Waals surface area contributed by atoms with Crippen molar-refractivity contribution in [2.24, 2.45) is 0 Å². The molecular formula is C14H9Cl2NO. The summed E-state index contributed by atoms with van der Waals surface area (Å²) in [5, 5.41) is 10.0. The molecule has 0 radical (unpaired) electrons. The third-order valence-corrected chi connectivity index (χ3v) is 2.90. The van der Waals surface area contributed by atoms with Gasteiger partial charge in [0.1, 0.15) is 17.6 Å². The van der Waals surface area contributed by atoms with Gasteiger partial charge in [-0.05, 0) is 42.8 Å². The fourth-order valence-electron chi connectivity index (χ4n) is 1.49. The van der Waals surface area contributed by atoms with Crippen molar-refractivity contribution in [3.05, 3.63) is 57.6 Å². The van der Waals surface area contributed by atoms with Crippen molar-refractivity contribution in [3.63, 3.8) is 0 Å². The molecule has 0 saturated carbocycles. The van der Waals surface area contributed by atoms with Crippen molar-refractivity contribution >= 4 is 23.2 Å². The number of benzene rings is 2. The monoisotopic (exact) mass is 277 g/mol. The van der Waals surface area contributed by atoms with Gasteiger partial charge in [0.15, 0.2) is 0 Å². The number of aryl methyl sites for hydroxylation is 1. The molecule has 0 aliphatic rings. The van der Waals surface area contributed by atoms with Gasteiger partial charge in [-0.3, -0.25) is 0 Å². The predicted octanol–water partition coefficient (Wildman–Crippen LogP) is 4.97. The van der Waals surface area contributed by atoms with E-state index in [4.69, 9.17) is 33.2 Å². The van der Waals surface area contributed by atoms with Gasteiger partial charge in [0.2, 0.25) is 0 Å². The van der Waals surface area contributed by atoms with Crippen molar-refractivity contribution in [1.29, 1.82) is 5.26 Å². The summed E-state index contributed by atoms with van der Waals surface area (Å²) >= 11 is 11.9. The van der Waals surface area contributed by atoms with Gasteiger partial charge < -0.3 is 4.74 Å². The Morgan fingerprint density at radius 1 is 1.06 bits per heavy atom. The normalized spacial score (nSPS) is 9.89. The van der Waals surface area contributed by atoms with Crippen LogP contribution >= 0.6 is 23.2 Å². The largest absolute Gasteiger partial charge is 0.454 e. The van der Waals surface area contributed by atoms with E-state index in [1.165, 1.54) is 0 Å². The summed E-state index contributed by atoms with van der Waals surface area (Å²) in [5.41, 5.74) is 1.42. The highest BCUT2D eigenvalue weighted by Gasteiger charge is 2.08. The maximum absolute atomic E-state index is 9.01. The van der Waals surface area contributed by atoms with Gasteiger partial charge in [0.25, 0.3) is 0 Å². The van der Waals surface area contributed by atoms with E-state index in [1.807, 2.05) is 19.1 Å². The molecule has 0 fully saturated rings. The highest BCUT2D eigenvalue weighted by atomic mass is 35.5. The maximum Gasteiger partial charge on any atom is 0.146 e. The van der Waals surface area contributed by atoms with Crippen LogP contribution in [0.25, 0.3) is 0 Å². The summed E-state index contributed by atoms with van der Waals surface area (Å²) in [6.07, 6.45) is 0. The molecule has 0 bridgehead atoms. The van der Waals surface area contributed by atoms with Crippen LogP contribution in [0.15, 0.2) is 36.4 Å². The van der Waals surface area contributed by atoms with Gasteiger partial charge in [-0.1, -0.05) is 29.3 Å². The fourth-order valence-corrected chi connectivity index (χ4v) is 1.93. The third-order valence-electron chi connectivity index (χ3n) is 2.37.